The van der Waals surface area contributed by atoms with E-state index in [9.17, 15) is 4.39 Å². The van der Waals surface area contributed by atoms with Crippen LogP contribution in [0.3, 0.4) is 0 Å². The minimum absolute atomic E-state index is 0.273. The number of rotatable bonds is 6. The van der Waals surface area contributed by atoms with Gasteiger partial charge in [0.15, 0.2) is 0 Å². The highest BCUT2D eigenvalue weighted by atomic mass is 19.1. The lowest BCUT2D eigenvalue weighted by atomic mass is 10.1. The quantitative estimate of drug-likeness (QED) is 0.881. The van der Waals surface area contributed by atoms with Crippen molar-refractivity contribution in [1.82, 2.24) is 0 Å². The summed E-state index contributed by atoms with van der Waals surface area (Å²) in [5.74, 6) is 1.21. The summed E-state index contributed by atoms with van der Waals surface area (Å²) in [7, 11) is 1.63. The van der Waals surface area contributed by atoms with E-state index in [0.717, 1.165) is 16.9 Å². The molecular formula is C16H18FNO2. The van der Waals surface area contributed by atoms with Crippen LogP contribution in [0.2, 0.25) is 0 Å². The third-order valence-corrected chi connectivity index (χ3v) is 2.99. The second-order valence-electron chi connectivity index (χ2n) is 4.43. The fraction of sp³-hybridized carbons (Fsp3) is 0.250. The highest BCUT2D eigenvalue weighted by Gasteiger charge is 2.05. The van der Waals surface area contributed by atoms with Crippen molar-refractivity contribution in [2.75, 3.05) is 13.7 Å². The van der Waals surface area contributed by atoms with E-state index >= 15 is 0 Å². The summed E-state index contributed by atoms with van der Waals surface area (Å²) in [6, 6.07) is 12.1. The highest BCUT2D eigenvalue weighted by Crippen LogP contribution is 2.22. The first kappa shape index (κ1) is 14.3. The fourth-order valence-corrected chi connectivity index (χ4v) is 1.92. The van der Waals surface area contributed by atoms with Crippen LogP contribution in [0.4, 0.5) is 4.39 Å². The topological polar surface area (TPSA) is 44.5 Å². The molecule has 106 valence electrons. The molecule has 20 heavy (non-hydrogen) atoms. The van der Waals surface area contributed by atoms with E-state index in [1.807, 2.05) is 24.3 Å². The number of methoxy groups -OCH3 is 1. The van der Waals surface area contributed by atoms with Gasteiger partial charge in [0.1, 0.15) is 23.9 Å². The molecule has 0 atom stereocenters. The van der Waals surface area contributed by atoms with Crippen LogP contribution in [-0.4, -0.2) is 13.7 Å². The lowest BCUT2D eigenvalue weighted by Crippen LogP contribution is -2.06. The minimum Gasteiger partial charge on any atom is -0.497 e. The maximum atomic E-state index is 13.2. The van der Waals surface area contributed by atoms with Gasteiger partial charge in [-0.25, -0.2) is 4.39 Å². The Morgan fingerprint density at radius 1 is 1.10 bits per heavy atom. The summed E-state index contributed by atoms with van der Waals surface area (Å²) in [5, 5.41) is 0. The Morgan fingerprint density at radius 2 is 1.85 bits per heavy atom. The Labute approximate surface area is 118 Å². The molecule has 2 aromatic carbocycles. The molecule has 0 bridgehead atoms. The van der Waals surface area contributed by atoms with Crippen LogP contribution in [0.25, 0.3) is 0 Å². The zero-order valence-electron chi connectivity index (χ0n) is 11.4. The molecule has 0 saturated heterocycles. The predicted octanol–water partition coefficient (Wildman–Crippen LogP) is 2.91. The number of benzene rings is 2. The third kappa shape index (κ3) is 3.71. The van der Waals surface area contributed by atoms with Crippen LogP contribution in [0, 0.1) is 5.82 Å². The molecule has 0 unspecified atom stereocenters. The lowest BCUT2D eigenvalue weighted by molar-refractivity contribution is 0.302. The summed E-state index contributed by atoms with van der Waals surface area (Å²) < 4.78 is 24.0. The molecule has 2 N–H and O–H groups in total. The largest absolute Gasteiger partial charge is 0.497 e. The molecule has 2 aromatic rings. The molecule has 0 fully saturated rings. The predicted molar refractivity (Wildman–Crippen MR) is 76.5 cm³/mol. The number of nitrogens with two attached hydrogens (primary N) is 1. The van der Waals surface area contributed by atoms with E-state index in [-0.39, 0.29) is 5.82 Å². The minimum atomic E-state index is -0.273. The molecule has 0 amide bonds. The zero-order chi connectivity index (χ0) is 14.4. The smallest absolute Gasteiger partial charge is 0.123 e. The molecule has 4 heteroatoms. The molecule has 0 heterocycles. The molecule has 2 rings (SSSR count). The highest BCUT2D eigenvalue weighted by molar-refractivity contribution is 5.35. The Hall–Kier alpha value is -2.07. The standard InChI is InChI=1S/C16H18FNO2/c1-19-15-5-2-12(3-6-15)11-20-16-7-4-14(17)10-13(16)8-9-18/h2-7,10H,8-9,11,18H2,1H3. The van der Waals surface area contributed by atoms with Gasteiger partial charge in [-0.15, -0.1) is 0 Å². The van der Waals surface area contributed by atoms with Gasteiger partial charge in [0, 0.05) is 0 Å². The summed E-state index contributed by atoms with van der Waals surface area (Å²) in [6.45, 7) is 0.884. The zero-order valence-corrected chi connectivity index (χ0v) is 11.4. The maximum absolute atomic E-state index is 13.2. The van der Waals surface area contributed by atoms with Crippen molar-refractivity contribution in [3.05, 3.63) is 59.4 Å². The second-order valence-corrected chi connectivity index (χ2v) is 4.43. The van der Waals surface area contributed by atoms with Gasteiger partial charge in [0.25, 0.3) is 0 Å². The van der Waals surface area contributed by atoms with Crippen LogP contribution in [0.1, 0.15) is 11.1 Å². The Kier molecular flexibility index (Phi) is 4.96. The van der Waals surface area contributed by atoms with Crippen LogP contribution in [0.5, 0.6) is 11.5 Å². The maximum Gasteiger partial charge on any atom is 0.123 e. The van der Waals surface area contributed by atoms with E-state index in [0.29, 0.717) is 25.3 Å². The van der Waals surface area contributed by atoms with Gasteiger partial charge in [-0.1, -0.05) is 12.1 Å². The van der Waals surface area contributed by atoms with Crippen molar-refractivity contribution in [2.45, 2.75) is 13.0 Å². The van der Waals surface area contributed by atoms with Gasteiger partial charge in [-0.2, -0.15) is 0 Å². The molecule has 0 spiro atoms. The number of ether oxygens (including phenoxy) is 2. The van der Waals surface area contributed by atoms with Gasteiger partial charge in [-0.3, -0.25) is 0 Å². The van der Waals surface area contributed by atoms with Crippen molar-refractivity contribution in [2.24, 2.45) is 5.73 Å². The molecular weight excluding hydrogens is 257 g/mol. The van der Waals surface area contributed by atoms with Crippen molar-refractivity contribution in [3.8, 4) is 11.5 Å². The third-order valence-electron chi connectivity index (χ3n) is 2.99. The molecule has 0 aliphatic heterocycles. The first-order valence-electron chi connectivity index (χ1n) is 6.47. The van der Waals surface area contributed by atoms with Gasteiger partial charge < -0.3 is 15.2 Å². The Balaban J connectivity index is 2.05. The van der Waals surface area contributed by atoms with Gasteiger partial charge in [0.05, 0.1) is 7.11 Å². The molecule has 0 radical (unpaired) electrons. The summed E-state index contributed by atoms with van der Waals surface area (Å²) in [6.07, 6.45) is 0.593. The van der Waals surface area contributed by atoms with Crippen LogP contribution >= 0.6 is 0 Å². The van der Waals surface area contributed by atoms with Crippen LogP contribution < -0.4 is 15.2 Å². The van der Waals surface area contributed by atoms with Crippen LogP contribution in [0.15, 0.2) is 42.5 Å². The number of halogens is 1. The van der Waals surface area contributed by atoms with Gasteiger partial charge >= 0.3 is 0 Å². The van der Waals surface area contributed by atoms with Gasteiger partial charge in [-0.05, 0) is 54.4 Å². The van der Waals surface area contributed by atoms with E-state index in [1.54, 1.807) is 13.2 Å². The van der Waals surface area contributed by atoms with E-state index < -0.39 is 0 Å². The first-order chi connectivity index (χ1) is 9.72. The average Bonchev–Trinajstić information content (AvgIpc) is 2.47. The van der Waals surface area contributed by atoms with Crippen molar-refractivity contribution in [3.63, 3.8) is 0 Å². The Morgan fingerprint density at radius 3 is 2.50 bits per heavy atom. The molecule has 0 aliphatic rings. The van der Waals surface area contributed by atoms with E-state index in [1.165, 1.54) is 12.1 Å². The first-order valence-corrected chi connectivity index (χ1v) is 6.47. The second kappa shape index (κ2) is 6.91. The Bertz CT molecular complexity index is 555. The van der Waals surface area contributed by atoms with Crippen molar-refractivity contribution < 1.29 is 13.9 Å². The molecule has 0 aliphatic carbocycles. The SMILES string of the molecule is COc1ccc(COc2ccc(F)cc2CCN)cc1. The normalized spacial score (nSPS) is 10.3. The summed E-state index contributed by atoms with van der Waals surface area (Å²) >= 11 is 0. The van der Waals surface area contributed by atoms with Crippen molar-refractivity contribution in [1.29, 1.82) is 0 Å². The number of hydrogen-bond donors (Lipinski definition) is 1. The van der Waals surface area contributed by atoms with Crippen LogP contribution in [-0.2, 0) is 13.0 Å². The molecule has 0 saturated carbocycles. The summed E-state index contributed by atoms with van der Waals surface area (Å²) in [5.41, 5.74) is 7.34. The molecule has 3 nitrogen and oxygen atoms in total. The summed E-state index contributed by atoms with van der Waals surface area (Å²) in [4.78, 5) is 0. The number of hydrogen-bond acceptors (Lipinski definition) is 3. The van der Waals surface area contributed by atoms with E-state index in [4.69, 9.17) is 15.2 Å². The van der Waals surface area contributed by atoms with E-state index in [2.05, 4.69) is 0 Å². The monoisotopic (exact) mass is 275 g/mol. The fourth-order valence-electron chi connectivity index (χ4n) is 1.92. The lowest BCUT2D eigenvalue weighted by Gasteiger charge is -2.11. The average molecular weight is 275 g/mol. The van der Waals surface area contributed by atoms with Crippen molar-refractivity contribution >= 4 is 0 Å². The van der Waals surface area contributed by atoms with Gasteiger partial charge in [0.2, 0.25) is 0 Å². The molecule has 0 aromatic heterocycles.